The van der Waals surface area contributed by atoms with Crippen LogP contribution >= 0.6 is 0 Å². The SMILES string of the molecule is C[Si](C)OC(O)c1ccccc1C(C)(C)C. The minimum Gasteiger partial charge on any atom is -0.389 e. The van der Waals surface area contributed by atoms with Gasteiger partial charge in [-0.1, -0.05) is 45.0 Å². The topological polar surface area (TPSA) is 29.5 Å². The van der Waals surface area contributed by atoms with Crippen LogP contribution in [0, 0.1) is 0 Å². The van der Waals surface area contributed by atoms with Crippen molar-refractivity contribution in [1.82, 2.24) is 0 Å². The summed E-state index contributed by atoms with van der Waals surface area (Å²) in [6.07, 6.45) is -0.792. The van der Waals surface area contributed by atoms with Crippen molar-refractivity contribution in [3.05, 3.63) is 35.4 Å². The molecule has 0 fully saturated rings. The summed E-state index contributed by atoms with van der Waals surface area (Å²) in [5.74, 6) is 0. The van der Waals surface area contributed by atoms with Gasteiger partial charge < -0.3 is 9.53 Å². The lowest BCUT2D eigenvalue weighted by molar-refractivity contribution is -0.0224. The Morgan fingerprint density at radius 3 is 2.25 bits per heavy atom. The first-order valence-electron chi connectivity index (χ1n) is 5.56. The first kappa shape index (κ1) is 13.4. The molecule has 1 atom stereocenters. The maximum Gasteiger partial charge on any atom is 0.208 e. The Bertz CT molecular complexity index is 342. The maximum absolute atomic E-state index is 10.0. The van der Waals surface area contributed by atoms with Gasteiger partial charge in [-0.2, -0.15) is 0 Å². The molecule has 1 rings (SSSR count). The molecule has 2 nitrogen and oxygen atoms in total. The highest BCUT2D eigenvalue weighted by molar-refractivity contribution is 6.48. The van der Waals surface area contributed by atoms with E-state index in [0.29, 0.717) is 0 Å². The van der Waals surface area contributed by atoms with Gasteiger partial charge in [0.2, 0.25) is 9.04 Å². The molecule has 89 valence electrons. The van der Waals surface area contributed by atoms with Crippen LogP contribution in [0.25, 0.3) is 0 Å². The second kappa shape index (κ2) is 5.12. The fourth-order valence-corrected chi connectivity index (χ4v) is 2.26. The van der Waals surface area contributed by atoms with E-state index in [1.807, 2.05) is 31.3 Å². The van der Waals surface area contributed by atoms with Gasteiger partial charge in [0, 0.05) is 5.56 Å². The summed E-state index contributed by atoms with van der Waals surface area (Å²) < 4.78 is 5.53. The molecule has 0 aliphatic heterocycles. The third kappa shape index (κ3) is 3.44. The van der Waals surface area contributed by atoms with E-state index in [9.17, 15) is 5.11 Å². The van der Waals surface area contributed by atoms with Gasteiger partial charge in [-0.05, 0) is 24.1 Å². The van der Waals surface area contributed by atoms with Gasteiger partial charge in [-0.3, -0.25) is 0 Å². The van der Waals surface area contributed by atoms with Gasteiger partial charge in [0.15, 0.2) is 6.29 Å². The van der Waals surface area contributed by atoms with Crippen LogP contribution < -0.4 is 0 Å². The summed E-state index contributed by atoms with van der Waals surface area (Å²) in [6.45, 7) is 10.5. The molecule has 3 heteroatoms. The molecule has 0 amide bonds. The van der Waals surface area contributed by atoms with Crippen LogP contribution in [0.3, 0.4) is 0 Å². The molecular weight excluding hydrogens is 216 g/mol. The predicted octanol–water partition coefficient (Wildman–Crippen LogP) is 3.24. The van der Waals surface area contributed by atoms with Crippen LogP contribution in [0.4, 0.5) is 0 Å². The quantitative estimate of drug-likeness (QED) is 0.646. The summed E-state index contributed by atoms with van der Waals surface area (Å²) in [7, 11) is -0.892. The molecule has 1 radical (unpaired) electrons. The molecule has 0 saturated heterocycles. The van der Waals surface area contributed by atoms with Gasteiger partial charge in [-0.15, -0.1) is 0 Å². The van der Waals surface area contributed by atoms with Crippen molar-refractivity contribution >= 4 is 9.04 Å². The average molecular weight is 237 g/mol. The molecule has 1 unspecified atom stereocenters. The highest BCUT2D eigenvalue weighted by atomic mass is 28.3. The van der Waals surface area contributed by atoms with E-state index in [2.05, 4.69) is 26.8 Å². The van der Waals surface area contributed by atoms with Gasteiger partial charge in [-0.25, -0.2) is 0 Å². The van der Waals surface area contributed by atoms with E-state index in [1.165, 1.54) is 0 Å². The van der Waals surface area contributed by atoms with Crippen LogP contribution in [-0.2, 0) is 9.84 Å². The molecule has 0 heterocycles. The van der Waals surface area contributed by atoms with E-state index >= 15 is 0 Å². The average Bonchev–Trinajstić information content (AvgIpc) is 2.15. The zero-order valence-corrected chi connectivity index (χ0v) is 11.7. The predicted molar refractivity (Wildman–Crippen MR) is 68.7 cm³/mol. The Kier molecular flexibility index (Phi) is 4.30. The summed E-state index contributed by atoms with van der Waals surface area (Å²) in [5, 5.41) is 10.0. The molecule has 0 bridgehead atoms. The molecular formula is C13H21O2Si. The van der Waals surface area contributed by atoms with E-state index in [0.717, 1.165) is 11.1 Å². The molecule has 0 saturated carbocycles. The van der Waals surface area contributed by atoms with E-state index in [4.69, 9.17) is 4.43 Å². The number of hydrogen-bond acceptors (Lipinski definition) is 2. The third-order valence-corrected chi connectivity index (χ3v) is 3.08. The molecule has 0 aliphatic rings. The number of rotatable bonds is 3. The fraction of sp³-hybridized carbons (Fsp3) is 0.538. The van der Waals surface area contributed by atoms with Crippen LogP contribution in [0.1, 0.15) is 38.2 Å². The van der Waals surface area contributed by atoms with Crippen molar-refractivity contribution in [2.24, 2.45) is 0 Å². The molecule has 1 aromatic rings. The van der Waals surface area contributed by atoms with E-state index in [-0.39, 0.29) is 5.41 Å². The lowest BCUT2D eigenvalue weighted by Crippen LogP contribution is -2.20. The van der Waals surface area contributed by atoms with Crippen LogP contribution in [0.15, 0.2) is 24.3 Å². The van der Waals surface area contributed by atoms with Crippen molar-refractivity contribution in [3.8, 4) is 0 Å². The zero-order chi connectivity index (χ0) is 12.3. The van der Waals surface area contributed by atoms with Crippen molar-refractivity contribution in [1.29, 1.82) is 0 Å². The highest BCUT2D eigenvalue weighted by Crippen LogP contribution is 2.30. The van der Waals surface area contributed by atoms with E-state index in [1.54, 1.807) is 0 Å². The fourth-order valence-electron chi connectivity index (χ4n) is 1.68. The minimum atomic E-state index is -0.892. The van der Waals surface area contributed by atoms with Crippen LogP contribution in [0.2, 0.25) is 13.1 Å². The van der Waals surface area contributed by atoms with Crippen molar-refractivity contribution in [3.63, 3.8) is 0 Å². The third-order valence-electron chi connectivity index (χ3n) is 2.38. The van der Waals surface area contributed by atoms with Crippen LogP contribution in [-0.4, -0.2) is 14.1 Å². The number of aliphatic hydroxyl groups is 1. The maximum atomic E-state index is 10.0. The first-order valence-corrected chi connectivity index (χ1v) is 7.97. The largest absolute Gasteiger partial charge is 0.389 e. The smallest absolute Gasteiger partial charge is 0.208 e. The summed E-state index contributed by atoms with van der Waals surface area (Å²) in [5.41, 5.74) is 2.06. The number of benzene rings is 1. The molecule has 0 spiro atoms. The lowest BCUT2D eigenvalue weighted by Gasteiger charge is -2.26. The molecule has 0 aliphatic carbocycles. The second-order valence-electron chi connectivity index (χ2n) is 5.22. The lowest BCUT2D eigenvalue weighted by atomic mass is 9.83. The summed E-state index contributed by atoms with van der Waals surface area (Å²) in [4.78, 5) is 0. The molecule has 1 aromatic carbocycles. The van der Waals surface area contributed by atoms with Crippen LogP contribution in [0.5, 0.6) is 0 Å². The molecule has 0 aromatic heterocycles. The van der Waals surface area contributed by atoms with Gasteiger partial charge in [0.1, 0.15) is 0 Å². The Morgan fingerprint density at radius 2 is 1.75 bits per heavy atom. The van der Waals surface area contributed by atoms with Crippen molar-refractivity contribution in [2.45, 2.75) is 45.6 Å². The van der Waals surface area contributed by atoms with Gasteiger partial charge in [0.25, 0.3) is 0 Å². The first-order chi connectivity index (χ1) is 7.32. The normalized spacial score (nSPS) is 14.2. The second-order valence-corrected chi connectivity index (χ2v) is 7.27. The van der Waals surface area contributed by atoms with Gasteiger partial charge >= 0.3 is 0 Å². The van der Waals surface area contributed by atoms with Crippen molar-refractivity contribution in [2.75, 3.05) is 0 Å². The van der Waals surface area contributed by atoms with Gasteiger partial charge in [0.05, 0.1) is 0 Å². The Labute approximate surface area is 100.0 Å². The number of hydrogen-bond donors (Lipinski definition) is 1. The summed E-state index contributed by atoms with van der Waals surface area (Å²) >= 11 is 0. The van der Waals surface area contributed by atoms with E-state index < -0.39 is 15.3 Å². The molecule has 1 N–H and O–H groups in total. The standard InChI is InChI=1S/C13H21O2Si/c1-13(2,3)11-9-7-6-8-10(11)12(14)15-16(4)5/h6-9,12,14H,1-5H3. The Morgan fingerprint density at radius 1 is 1.19 bits per heavy atom. The number of aliphatic hydroxyl groups excluding tert-OH is 1. The zero-order valence-electron chi connectivity index (χ0n) is 10.7. The minimum absolute atomic E-state index is 0.0231. The summed E-state index contributed by atoms with van der Waals surface area (Å²) in [6, 6.07) is 7.94. The highest BCUT2D eigenvalue weighted by Gasteiger charge is 2.22. The monoisotopic (exact) mass is 237 g/mol. The Hall–Kier alpha value is -0.643. The molecule has 16 heavy (non-hydrogen) atoms. The Balaban J connectivity index is 3.04. The van der Waals surface area contributed by atoms with Crippen molar-refractivity contribution < 1.29 is 9.53 Å².